The highest BCUT2D eigenvalue weighted by atomic mass is 32.2. The van der Waals surface area contributed by atoms with Gasteiger partial charge in [-0.15, -0.1) is 0 Å². The first-order chi connectivity index (χ1) is 16.3. The fourth-order valence-corrected chi connectivity index (χ4v) is 4.45. The zero-order valence-corrected chi connectivity index (χ0v) is 19.5. The number of hydrazone groups is 1. The number of anilines is 1. The molecule has 0 atom stereocenters. The standard InChI is InChI=1S/C24H25N3O6S/c1-3-33-20-10-12-21(13-11-20)34(30,31)27(19-7-5-4-6-8-19)17-24(29)26-25-16-18-9-14-22(28)23(15-18)32-2/h4-16,28H,3,17H2,1-2H3,(H,26,29)/b25-16-. The third-order valence-electron chi connectivity index (χ3n) is 4.66. The monoisotopic (exact) mass is 483 g/mol. The second-order valence-electron chi connectivity index (χ2n) is 6.98. The Hall–Kier alpha value is -4.05. The number of hydrogen-bond acceptors (Lipinski definition) is 7. The molecule has 10 heteroatoms. The predicted molar refractivity (Wildman–Crippen MR) is 129 cm³/mol. The molecule has 0 radical (unpaired) electrons. The summed E-state index contributed by atoms with van der Waals surface area (Å²) in [5.41, 5.74) is 3.23. The van der Waals surface area contributed by atoms with Crippen molar-refractivity contribution in [2.24, 2.45) is 5.10 Å². The summed E-state index contributed by atoms with van der Waals surface area (Å²) in [6.45, 7) is 1.80. The summed E-state index contributed by atoms with van der Waals surface area (Å²) in [5.74, 6) is 0.139. The molecule has 0 heterocycles. The molecule has 0 aromatic heterocycles. The highest BCUT2D eigenvalue weighted by Gasteiger charge is 2.27. The topological polar surface area (TPSA) is 118 Å². The number of para-hydroxylation sites is 1. The number of benzene rings is 3. The molecule has 9 nitrogen and oxygen atoms in total. The Morgan fingerprint density at radius 2 is 1.79 bits per heavy atom. The van der Waals surface area contributed by atoms with E-state index in [-0.39, 0.29) is 16.4 Å². The zero-order chi connectivity index (χ0) is 24.6. The minimum Gasteiger partial charge on any atom is -0.504 e. The normalized spacial score (nSPS) is 11.2. The van der Waals surface area contributed by atoms with Crippen LogP contribution in [-0.4, -0.2) is 45.9 Å². The third kappa shape index (κ3) is 6.04. The van der Waals surface area contributed by atoms with Gasteiger partial charge in [0.25, 0.3) is 15.9 Å². The maximum atomic E-state index is 13.4. The van der Waals surface area contributed by atoms with Gasteiger partial charge in [0.1, 0.15) is 12.3 Å². The van der Waals surface area contributed by atoms with E-state index in [4.69, 9.17) is 9.47 Å². The van der Waals surface area contributed by atoms with Gasteiger partial charge in [0.05, 0.1) is 30.5 Å². The number of carbonyl (C=O) groups excluding carboxylic acids is 1. The summed E-state index contributed by atoms with van der Waals surface area (Å²) < 4.78 is 38.1. The van der Waals surface area contributed by atoms with Gasteiger partial charge in [-0.05, 0) is 67.1 Å². The van der Waals surface area contributed by atoms with Crippen LogP contribution in [0.15, 0.2) is 82.8 Å². The summed E-state index contributed by atoms with van der Waals surface area (Å²) >= 11 is 0. The van der Waals surface area contributed by atoms with E-state index in [0.717, 1.165) is 4.31 Å². The molecule has 2 N–H and O–H groups in total. The summed E-state index contributed by atoms with van der Waals surface area (Å²) in [7, 11) is -2.63. The molecular formula is C24H25N3O6S. The van der Waals surface area contributed by atoms with Gasteiger partial charge < -0.3 is 14.6 Å². The SMILES string of the molecule is CCOc1ccc(S(=O)(=O)N(CC(=O)N/N=C\c2ccc(O)c(OC)c2)c2ccccc2)cc1. The lowest BCUT2D eigenvalue weighted by atomic mass is 10.2. The molecule has 0 saturated carbocycles. The highest BCUT2D eigenvalue weighted by Crippen LogP contribution is 2.26. The maximum Gasteiger partial charge on any atom is 0.264 e. The van der Waals surface area contributed by atoms with E-state index in [1.54, 1.807) is 48.5 Å². The molecule has 0 bridgehead atoms. The molecule has 178 valence electrons. The molecule has 0 fully saturated rings. The lowest BCUT2D eigenvalue weighted by Crippen LogP contribution is -2.39. The van der Waals surface area contributed by atoms with E-state index in [1.807, 2.05) is 6.92 Å². The molecule has 0 aliphatic rings. The summed E-state index contributed by atoms with van der Waals surface area (Å²) in [6, 6.07) is 18.9. The smallest absolute Gasteiger partial charge is 0.264 e. The molecule has 0 saturated heterocycles. The number of aromatic hydroxyl groups is 1. The summed E-state index contributed by atoms with van der Waals surface area (Å²) in [6.07, 6.45) is 1.35. The Balaban J connectivity index is 1.79. The number of amides is 1. The quantitative estimate of drug-likeness (QED) is 0.338. The number of ether oxygens (including phenoxy) is 2. The molecule has 3 rings (SSSR count). The van der Waals surface area contributed by atoms with E-state index in [0.29, 0.717) is 23.6 Å². The third-order valence-corrected chi connectivity index (χ3v) is 6.45. The van der Waals surface area contributed by atoms with E-state index in [9.17, 15) is 18.3 Å². The summed E-state index contributed by atoms with van der Waals surface area (Å²) in [4.78, 5) is 12.6. The fourth-order valence-electron chi connectivity index (χ4n) is 3.03. The second kappa shape index (κ2) is 11.2. The van der Waals surface area contributed by atoms with E-state index >= 15 is 0 Å². The van der Waals surface area contributed by atoms with Crippen molar-refractivity contribution in [3.8, 4) is 17.2 Å². The Kier molecular flexibility index (Phi) is 8.10. The number of nitrogens with one attached hydrogen (secondary N) is 1. The van der Waals surface area contributed by atoms with Crippen LogP contribution >= 0.6 is 0 Å². The van der Waals surface area contributed by atoms with Crippen molar-refractivity contribution in [1.82, 2.24) is 5.43 Å². The number of nitrogens with zero attached hydrogens (tertiary/aromatic N) is 2. The van der Waals surface area contributed by atoms with Gasteiger partial charge in [-0.3, -0.25) is 9.10 Å². The lowest BCUT2D eigenvalue weighted by molar-refractivity contribution is -0.119. The molecule has 0 spiro atoms. The zero-order valence-electron chi connectivity index (χ0n) is 18.7. The first-order valence-corrected chi connectivity index (χ1v) is 11.8. The van der Waals surface area contributed by atoms with Gasteiger partial charge in [0, 0.05) is 0 Å². The number of hydrogen-bond donors (Lipinski definition) is 2. The number of phenols is 1. The minimum atomic E-state index is -4.05. The van der Waals surface area contributed by atoms with Crippen LogP contribution in [0.1, 0.15) is 12.5 Å². The molecule has 0 aliphatic carbocycles. The van der Waals surface area contributed by atoms with Gasteiger partial charge in [-0.2, -0.15) is 5.10 Å². The Bertz CT molecular complexity index is 1250. The van der Waals surface area contributed by atoms with Crippen molar-refractivity contribution in [3.63, 3.8) is 0 Å². The lowest BCUT2D eigenvalue weighted by Gasteiger charge is -2.23. The highest BCUT2D eigenvalue weighted by molar-refractivity contribution is 7.92. The average molecular weight is 484 g/mol. The van der Waals surface area contributed by atoms with Crippen LogP contribution in [0.3, 0.4) is 0 Å². The van der Waals surface area contributed by atoms with Crippen molar-refractivity contribution in [2.45, 2.75) is 11.8 Å². The number of rotatable bonds is 10. The Morgan fingerprint density at radius 1 is 1.09 bits per heavy atom. The molecule has 0 unspecified atom stereocenters. The number of phenolic OH excluding ortho intramolecular Hbond substituents is 1. The molecule has 0 aliphatic heterocycles. The van der Waals surface area contributed by atoms with Crippen LogP contribution < -0.4 is 19.2 Å². The maximum absolute atomic E-state index is 13.4. The van der Waals surface area contributed by atoms with E-state index in [2.05, 4.69) is 10.5 Å². The predicted octanol–water partition coefficient (Wildman–Crippen LogP) is 3.15. The van der Waals surface area contributed by atoms with Gasteiger partial charge in [-0.1, -0.05) is 18.2 Å². The van der Waals surface area contributed by atoms with Crippen molar-refractivity contribution in [1.29, 1.82) is 0 Å². The summed E-state index contributed by atoms with van der Waals surface area (Å²) in [5, 5.41) is 13.5. The van der Waals surface area contributed by atoms with Crippen molar-refractivity contribution in [3.05, 3.63) is 78.4 Å². The first kappa shape index (κ1) is 24.6. The van der Waals surface area contributed by atoms with Crippen LogP contribution in [0.2, 0.25) is 0 Å². The molecule has 3 aromatic rings. The van der Waals surface area contributed by atoms with Crippen molar-refractivity contribution in [2.75, 3.05) is 24.6 Å². The van der Waals surface area contributed by atoms with Crippen LogP contribution in [0.5, 0.6) is 17.2 Å². The van der Waals surface area contributed by atoms with Gasteiger partial charge in [0.15, 0.2) is 11.5 Å². The van der Waals surface area contributed by atoms with Crippen LogP contribution in [0.4, 0.5) is 5.69 Å². The van der Waals surface area contributed by atoms with Crippen molar-refractivity contribution < 1.29 is 27.8 Å². The van der Waals surface area contributed by atoms with Crippen LogP contribution in [-0.2, 0) is 14.8 Å². The minimum absolute atomic E-state index is 0.0206. The molecule has 34 heavy (non-hydrogen) atoms. The van der Waals surface area contributed by atoms with Gasteiger partial charge in [-0.25, -0.2) is 13.8 Å². The van der Waals surface area contributed by atoms with Crippen LogP contribution in [0.25, 0.3) is 0 Å². The molecule has 1 amide bonds. The van der Waals surface area contributed by atoms with E-state index in [1.165, 1.54) is 37.6 Å². The average Bonchev–Trinajstić information content (AvgIpc) is 2.84. The fraction of sp³-hybridized carbons (Fsp3) is 0.167. The first-order valence-electron chi connectivity index (χ1n) is 10.3. The number of methoxy groups -OCH3 is 1. The molecule has 3 aromatic carbocycles. The van der Waals surface area contributed by atoms with Crippen molar-refractivity contribution >= 4 is 27.8 Å². The largest absolute Gasteiger partial charge is 0.504 e. The van der Waals surface area contributed by atoms with Crippen LogP contribution in [0, 0.1) is 0 Å². The number of carbonyl (C=O) groups is 1. The van der Waals surface area contributed by atoms with Gasteiger partial charge in [0.2, 0.25) is 0 Å². The van der Waals surface area contributed by atoms with Gasteiger partial charge >= 0.3 is 0 Å². The Labute approximate surface area is 198 Å². The Morgan fingerprint density at radius 3 is 2.44 bits per heavy atom. The number of sulfonamides is 1. The molecular weight excluding hydrogens is 458 g/mol. The second-order valence-corrected chi connectivity index (χ2v) is 8.84. The van der Waals surface area contributed by atoms with E-state index < -0.39 is 22.5 Å².